The summed E-state index contributed by atoms with van der Waals surface area (Å²) >= 11 is 0. The Bertz CT molecular complexity index is 687. The highest BCUT2D eigenvalue weighted by atomic mass is 15.3. The van der Waals surface area contributed by atoms with E-state index in [4.69, 9.17) is 0 Å². The van der Waals surface area contributed by atoms with E-state index >= 15 is 0 Å². The van der Waals surface area contributed by atoms with Crippen LogP contribution in [0.4, 0.5) is 0 Å². The fourth-order valence-electron chi connectivity index (χ4n) is 2.49. The van der Waals surface area contributed by atoms with Crippen molar-refractivity contribution in [3.8, 4) is 11.3 Å². The minimum absolute atomic E-state index is 0.294. The zero-order valence-corrected chi connectivity index (χ0v) is 12.9. The van der Waals surface area contributed by atoms with Gasteiger partial charge in [-0.05, 0) is 25.5 Å². The number of benzene rings is 1. The van der Waals surface area contributed by atoms with Crippen molar-refractivity contribution in [3.63, 3.8) is 0 Å². The molecule has 0 aliphatic rings. The van der Waals surface area contributed by atoms with E-state index in [0.29, 0.717) is 12.1 Å². The van der Waals surface area contributed by atoms with Crippen LogP contribution in [0.2, 0.25) is 0 Å². The molecule has 114 valence electrons. The number of H-pyrrole nitrogens is 1. The summed E-state index contributed by atoms with van der Waals surface area (Å²) in [7, 11) is 0. The summed E-state index contributed by atoms with van der Waals surface area (Å²) in [6.07, 6.45) is 5.70. The van der Waals surface area contributed by atoms with Gasteiger partial charge in [-0.3, -0.25) is 9.78 Å². The van der Waals surface area contributed by atoms with Gasteiger partial charge in [-0.2, -0.15) is 10.2 Å². The molecule has 0 saturated heterocycles. The van der Waals surface area contributed by atoms with E-state index in [9.17, 15) is 0 Å². The van der Waals surface area contributed by atoms with Gasteiger partial charge in [-0.1, -0.05) is 30.3 Å². The van der Waals surface area contributed by atoms with Crippen LogP contribution in [-0.2, 0) is 6.54 Å². The highest BCUT2D eigenvalue weighted by Crippen LogP contribution is 2.21. The highest BCUT2D eigenvalue weighted by molar-refractivity contribution is 5.62. The van der Waals surface area contributed by atoms with Crippen LogP contribution in [0.15, 0.2) is 55.0 Å². The SMILES string of the molecule is CC(NCc1cn[nH]c1-c1ccccc1)C(C)n1cccn1. The van der Waals surface area contributed by atoms with Crippen LogP contribution >= 0.6 is 0 Å². The van der Waals surface area contributed by atoms with E-state index in [-0.39, 0.29) is 0 Å². The van der Waals surface area contributed by atoms with Crippen molar-refractivity contribution in [2.45, 2.75) is 32.5 Å². The summed E-state index contributed by atoms with van der Waals surface area (Å²) in [6, 6.07) is 12.8. The molecule has 1 aromatic carbocycles. The molecule has 0 bridgehead atoms. The van der Waals surface area contributed by atoms with E-state index in [1.54, 1.807) is 0 Å². The Morgan fingerprint density at radius 2 is 2.00 bits per heavy atom. The quantitative estimate of drug-likeness (QED) is 0.735. The first-order chi connectivity index (χ1) is 10.8. The van der Waals surface area contributed by atoms with Crippen LogP contribution in [0.1, 0.15) is 25.5 Å². The van der Waals surface area contributed by atoms with E-state index in [1.165, 1.54) is 5.56 Å². The molecular formula is C17H21N5. The van der Waals surface area contributed by atoms with Crippen LogP contribution in [0, 0.1) is 0 Å². The summed E-state index contributed by atoms with van der Waals surface area (Å²) in [5.41, 5.74) is 3.40. The van der Waals surface area contributed by atoms with Crippen LogP contribution in [0.5, 0.6) is 0 Å². The number of rotatable bonds is 6. The van der Waals surface area contributed by atoms with E-state index < -0.39 is 0 Å². The first-order valence-corrected chi connectivity index (χ1v) is 7.56. The highest BCUT2D eigenvalue weighted by Gasteiger charge is 2.15. The molecule has 0 saturated carbocycles. The fourth-order valence-corrected chi connectivity index (χ4v) is 2.49. The normalized spacial score (nSPS) is 13.9. The first-order valence-electron chi connectivity index (χ1n) is 7.56. The average Bonchev–Trinajstić information content (AvgIpc) is 3.24. The Kier molecular flexibility index (Phi) is 4.34. The summed E-state index contributed by atoms with van der Waals surface area (Å²) < 4.78 is 1.98. The number of hydrogen-bond donors (Lipinski definition) is 2. The monoisotopic (exact) mass is 295 g/mol. The maximum Gasteiger partial charge on any atom is 0.0695 e. The summed E-state index contributed by atoms with van der Waals surface area (Å²) in [6.45, 7) is 5.11. The second-order valence-corrected chi connectivity index (χ2v) is 5.53. The van der Waals surface area contributed by atoms with Crippen LogP contribution in [0.25, 0.3) is 11.3 Å². The number of hydrogen-bond acceptors (Lipinski definition) is 3. The predicted molar refractivity (Wildman–Crippen MR) is 87.3 cm³/mol. The molecule has 3 aromatic rings. The minimum atomic E-state index is 0.294. The van der Waals surface area contributed by atoms with Crippen LogP contribution in [0.3, 0.4) is 0 Å². The van der Waals surface area contributed by atoms with Gasteiger partial charge in [0.2, 0.25) is 0 Å². The molecule has 0 radical (unpaired) electrons. The lowest BCUT2D eigenvalue weighted by Gasteiger charge is -2.21. The third-order valence-electron chi connectivity index (χ3n) is 4.06. The van der Waals surface area contributed by atoms with Crippen molar-refractivity contribution < 1.29 is 0 Å². The molecule has 0 spiro atoms. The molecule has 2 heterocycles. The molecule has 2 unspecified atom stereocenters. The van der Waals surface area contributed by atoms with Crippen molar-refractivity contribution in [2.75, 3.05) is 0 Å². The largest absolute Gasteiger partial charge is 0.308 e. The summed E-state index contributed by atoms with van der Waals surface area (Å²) in [4.78, 5) is 0. The van der Waals surface area contributed by atoms with E-state index in [2.05, 4.69) is 46.6 Å². The van der Waals surface area contributed by atoms with Crippen molar-refractivity contribution in [3.05, 3.63) is 60.6 Å². The van der Waals surface area contributed by atoms with Gasteiger partial charge in [0.05, 0.1) is 17.9 Å². The Morgan fingerprint density at radius 3 is 2.73 bits per heavy atom. The molecule has 0 fully saturated rings. The topological polar surface area (TPSA) is 58.5 Å². The van der Waals surface area contributed by atoms with Gasteiger partial charge in [0.15, 0.2) is 0 Å². The third kappa shape index (κ3) is 3.09. The Balaban J connectivity index is 1.66. The lowest BCUT2D eigenvalue weighted by molar-refractivity contribution is 0.365. The molecular weight excluding hydrogens is 274 g/mol. The lowest BCUT2D eigenvalue weighted by atomic mass is 10.1. The van der Waals surface area contributed by atoms with Gasteiger partial charge in [0.25, 0.3) is 0 Å². The summed E-state index contributed by atoms with van der Waals surface area (Å²) in [5, 5.41) is 15.2. The zero-order valence-electron chi connectivity index (χ0n) is 12.9. The predicted octanol–water partition coefficient (Wildman–Crippen LogP) is 3.01. The van der Waals surface area contributed by atoms with Crippen molar-refractivity contribution in [2.24, 2.45) is 0 Å². The summed E-state index contributed by atoms with van der Waals surface area (Å²) in [5.74, 6) is 0. The van der Waals surface area contributed by atoms with Gasteiger partial charge >= 0.3 is 0 Å². The maximum absolute atomic E-state index is 4.31. The van der Waals surface area contributed by atoms with Crippen LogP contribution in [-0.4, -0.2) is 26.0 Å². The van der Waals surface area contributed by atoms with Crippen molar-refractivity contribution >= 4 is 0 Å². The zero-order chi connectivity index (χ0) is 15.4. The van der Waals surface area contributed by atoms with E-state index in [1.807, 2.05) is 47.5 Å². The second kappa shape index (κ2) is 6.58. The molecule has 2 N–H and O–H groups in total. The minimum Gasteiger partial charge on any atom is -0.308 e. The molecule has 0 amide bonds. The third-order valence-corrected chi connectivity index (χ3v) is 4.06. The molecule has 22 heavy (non-hydrogen) atoms. The van der Waals surface area contributed by atoms with Gasteiger partial charge in [0, 0.05) is 30.5 Å². The van der Waals surface area contributed by atoms with Crippen molar-refractivity contribution in [1.82, 2.24) is 25.3 Å². The van der Waals surface area contributed by atoms with E-state index in [0.717, 1.165) is 17.8 Å². The molecule has 3 rings (SSSR count). The van der Waals surface area contributed by atoms with Gasteiger partial charge in [0.1, 0.15) is 0 Å². The first kappa shape index (κ1) is 14.5. The van der Waals surface area contributed by atoms with Crippen molar-refractivity contribution in [1.29, 1.82) is 0 Å². The molecule has 0 aliphatic heterocycles. The van der Waals surface area contributed by atoms with Gasteiger partial charge < -0.3 is 5.32 Å². The number of aromatic nitrogens is 4. The number of nitrogens with one attached hydrogen (secondary N) is 2. The standard InChI is InChI=1S/C17H21N5/c1-13(14(2)22-10-6-9-20-22)18-11-16-12-19-21-17(16)15-7-4-3-5-8-15/h3-10,12-14,18H,11H2,1-2H3,(H,19,21). The molecule has 0 aliphatic carbocycles. The maximum atomic E-state index is 4.31. The molecule has 5 heteroatoms. The van der Waals surface area contributed by atoms with Gasteiger partial charge in [-0.15, -0.1) is 0 Å². The fraction of sp³-hybridized carbons (Fsp3) is 0.294. The number of nitrogens with zero attached hydrogens (tertiary/aromatic N) is 3. The Morgan fingerprint density at radius 1 is 1.18 bits per heavy atom. The van der Waals surface area contributed by atoms with Gasteiger partial charge in [-0.25, -0.2) is 0 Å². The Labute approximate surface area is 130 Å². The molecule has 2 aromatic heterocycles. The Hall–Kier alpha value is -2.40. The average molecular weight is 295 g/mol. The molecule has 2 atom stereocenters. The second-order valence-electron chi connectivity index (χ2n) is 5.53. The smallest absolute Gasteiger partial charge is 0.0695 e. The van der Waals surface area contributed by atoms with Crippen LogP contribution < -0.4 is 5.32 Å². The lowest BCUT2D eigenvalue weighted by Crippen LogP contribution is -2.33. The number of aromatic amines is 1. The molecule has 5 nitrogen and oxygen atoms in total.